The van der Waals surface area contributed by atoms with E-state index in [9.17, 15) is 10.0 Å². The number of rotatable bonds is 13. The maximum Gasteiger partial charge on any atom is 0.255 e. The molecule has 9 heteroatoms. The first kappa shape index (κ1) is 31.7. The Balaban J connectivity index is 1.68. The highest BCUT2D eigenvalue weighted by Crippen LogP contribution is 2.48. The zero-order valence-corrected chi connectivity index (χ0v) is 25.7. The average Bonchev–Trinajstić information content (AvgIpc) is 3.54. The third kappa shape index (κ3) is 7.06. The Labute approximate surface area is 253 Å². The minimum absolute atomic E-state index is 0.0405. The summed E-state index contributed by atoms with van der Waals surface area (Å²) in [6.07, 6.45) is 3.50. The van der Waals surface area contributed by atoms with Crippen LogP contribution in [0.1, 0.15) is 67.6 Å². The lowest BCUT2D eigenvalue weighted by Gasteiger charge is -2.24. The molecule has 43 heavy (non-hydrogen) atoms. The fraction of sp³-hybridized carbons (Fsp3) is 0.382. The lowest BCUT2D eigenvalue weighted by molar-refractivity contribution is -0.150. The molecule has 1 aliphatic rings. The number of ether oxygens (including phenoxy) is 6. The summed E-state index contributed by atoms with van der Waals surface area (Å²) in [5, 5.41) is 11.8. The molecule has 3 aromatic rings. The molecule has 0 aromatic heterocycles. The van der Waals surface area contributed by atoms with Gasteiger partial charge in [0, 0.05) is 5.56 Å². The van der Waals surface area contributed by atoms with E-state index in [4.69, 9.17) is 28.4 Å². The van der Waals surface area contributed by atoms with Gasteiger partial charge >= 0.3 is 0 Å². The van der Waals surface area contributed by atoms with E-state index in [1.807, 2.05) is 61.5 Å². The first-order valence-electron chi connectivity index (χ1n) is 14.4. The molecular formula is C34H41NO8. The summed E-state index contributed by atoms with van der Waals surface area (Å²) in [6, 6.07) is 16.9. The van der Waals surface area contributed by atoms with Crippen molar-refractivity contribution in [2.45, 2.75) is 51.7 Å². The summed E-state index contributed by atoms with van der Waals surface area (Å²) in [7, 11) is 6.32. The van der Waals surface area contributed by atoms with Gasteiger partial charge < -0.3 is 28.4 Å². The van der Waals surface area contributed by atoms with Crippen LogP contribution in [0.15, 0.2) is 60.7 Å². The summed E-state index contributed by atoms with van der Waals surface area (Å²) in [5.41, 5.74) is 3.39. The fourth-order valence-corrected chi connectivity index (χ4v) is 5.29. The molecule has 0 radical (unpaired) electrons. The SMILES string of the molecule is CC=C(c1cc(C2CCC(c3cc(OC)c(OC)c(OC)c3)O2)cc(OC)c1OCCC)N(O)C(=O)Cc1ccccc1. The van der Waals surface area contributed by atoms with Crippen LogP contribution in [0.25, 0.3) is 5.70 Å². The van der Waals surface area contributed by atoms with Crippen LogP contribution < -0.4 is 23.7 Å². The fourth-order valence-electron chi connectivity index (χ4n) is 5.29. The van der Waals surface area contributed by atoms with Crippen LogP contribution >= 0.6 is 0 Å². The van der Waals surface area contributed by atoms with E-state index >= 15 is 0 Å². The summed E-state index contributed by atoms with van der Waals surface area (Å²) in [6.45, 7) is 4.21. The Morgan fingerprint density at radius 2 is 1.44 bits per heavy atom. The zero-order valence-electron chi connectivity index (χ0n) is 25.7. The van der Waals surface area contributed by atoms with E-state index in [0.29, 0.717) is 51.7 Å². The van der Waals surface area contributed by atoms with E-state index in [-0.39, 0.29) is 18.6 Å². The number of hydroxylamine groups is 2. The Hall–Kier alpha value is -4.21. The largest absolute Gasteiger partial charge is 0.493 e. The number of methoxy groups -OCH3 is 4. The molecule has 230 valence electrons. The third-order valence-electron chi connectivity index (χ3n) is 7.41. The standard InChI is InChI=1S/C34H41NO8/c1-7-16-42-33-25(26(8-2)35(37)32(36)17-22-12-10-9-11-13-22)18-23(19-29(33)38-3)27-14-15-28(43-27)24-20-30(39-4)34(41-6)31(21-24)40-5/h8-13,18-21,27-28,37H,7,14-17H2,1-6H3. The van der Waals surface area contributed by atoms with Crippen LogP contribution in [0.5, 0.6) is 28.7 Å². The van der Waals surface area contributed by atoms with Crippen LogP contribution in [0.2, 0.25) is 0 Å². The van der Waals surface area contributed by atoms with Crippen molar-refractivity contribution in [3.05, 3.63) is 82.9 Å². The highest BCUT2D eigenvalue weighted by Gasteiger charge is 2.32. The van der Waals surface area contributed by atoms with Crippen molar-refractivity contribution in [1.29, 1.82) is 0 Å². The number of hydrogen-bond acceptors (Lipinski definition) is 8. The molecule has 1 fully saturated rings. The van der Waals surface area contributed by atoms with Gasteiger partial charge in [-0.2, -0.15) is 5.06 Å². The maximum absolute atomic E-state index is 13.2. The summed E-state index contributed by atoms with van der Waals surface area (Å²) in [5.74, 6) is 2.12. The van der Waals surface area contributed by atoms with Crippen molar-refractivity contribution in [1.82, 2.24) is 5.06 Å². The molecular weight excluding hydrogens is 550 g/mol. The van der Waals surface area contributed by atoms with Crippen LogP contribution in [-0.2, 0) is 16.0 Å². The number of allylic oxidation sites excluding steroid dienone is 1. The van der Waals surface area contributed by atoms with Gasteiger partial charge in [0.2, 0.25) is 5.75 Å². The molecule has 1 N–H and O–H groups in total. The first-order valence-corrected chi connectivity index (χ1v) is 14.4. The minimum Gasteiger partial charge on any atom is -0.493 e. The average molecular weight is 592 g/mol. The molecule has 1 aliphatic heterocycles. The number of hydrogen-bond donors (Lipinski definition) is 1. The number of amides is 1. The number of benzene rings is 3. The van der Waals surface area contributed by atoms with Gasteiger partial charge in [0.15, 0.2) is 23.0 Å². The van der Waals surface area contributed by atoms with Gasteiger partial charge in [-0.3, -0.25) is 10.0 Å². The molecule has 2 atom stereocenters. The quantitative estimate of drug-likeness (QED) is 0.169. The molecule has 1 amide bonds. The Morgan fingerprint density at radius 3 is 1.95 bits per heavy atom. The van der Waals surface area contributed by atoms with Gasteiger partial charge in [-0.05, 0) is 67.1 Å². The van der Waals surface area contributed by atoms with Crippen molar-refractivity contribution in [2.75, 3.05) is 35.0 Å². The summed E-state index contributed by atoms with van der Waals surface area (Å²) < 4.78 is 35.0. The lowest BCUT2D eigenvalue weighted by atomic mass is 9.99. The molecule has 0 saturated carbocycles. The van der Waals surface area contributed by atoms with Crippen LogP contribution in [0.3, 0.4) is 0 Å². The molecule has 1 heterocycles. The Bertz CT molecular complexity index is 1400. The van der Waals surface area contributed by atoms with Gasteiger partial charge in [0.05, 0.1) is 59.4 Å². The second-order valence-corrected chi connectivity index (χ2v) is 10.1. The van der Waals surface area contributed by atoms with Crippen molar-refractivity contribution < 1.29 is 38.4 Å². The molecule has 0 aliphatic carbocycles. The highest BCUT2D eigenvalue weighted by molar-refractivity contribution is 5.88. The van der Waals surface area contributed by atoms with Gasteiger partial charge in [-0.1, -0.05) is 43.3 Å². The Morgan fingerprint density at radius 1 is 0.884 bits per heavy atom. The molecule has 0 bridgehead atoms. The van der Waals surface area contributed by atoms with Crippen LogP contribution in [-0.4, -0.2) is 51.2 Å². The van der Waals surface area contributed by atoms with E-state index in [0.717, 1.165) is 36.0 Å². The first-order chi connectivity index (χ1) is 20.9. The minimum atomic E-state index is -0.468. The molecule has 0 spiro atoms. The van der Waals surface area contributed by atoms with Crippen molar-refractivity contribution in [2.24, 2.45) is 0 Å². The summed E-state index contributed by atoms with van der Waals surface area (Å²) in [4.78, 5) is 13.2. The van der Waals surface area contributed by atoms with E-state index in [2.05, 4.69) is 0 Å². The Kier molecular flexibility index (Phi) is 10.9. The molecule has 9 nitrogen and oxygen atoms in total. The second-order valence-electron chi connectivity index (χ2n) is 10.1. The van der Waals surface area contributed by atoms with Crippen molar-refractivity contribution in [3.63, 3.8) is 0 Å². The van der Waals surface area contributed by atoms with Crippen LogP contribution in [0, 0.1) is 0 Å². The molecule has 3 aromatic carbocycles. The topological polar surface area (TPSA) is 95.9 Å². The second kappa shape index (κ2) is 14.8. The molecule has 4 rings (SSSR count). The van der Waals surface area contributed by atoms with E-state index in [1.165, 1.54) is 0 Å². The normalized spacial score (nSPS) is 16.5. The van der Waals surface area contributed by atoms with E-state index in [1.54, 1.807) is 41.4 Å². The van der Waals surface area contributed by atoms with Gasteiger partial charge in [-0.15, -0.1) is 0 Å². The monoisotopic (exact) mass is 591 g/mol. The summed E-state index contributed by atoms with van der Waals surface area (Å²) >= 11 is 0. The van der Waals surface area contributed by atoms with Crippen molar-refractivity contribution in [3.8, 4) is 28.7 Å². The predicted molar refractivity (Wildman–Crippen MR) is 163 cm³/mol. The maximum atomic E-state index is 13.2. The predicted octanol–water partition coefficient (Wildman–Crippen LogP) is 6.92. The number of carbonyl (C=O) groups excluding carboxylic acids is 1. The van der Waals surface area contributed by atoms with Gasteiger partial charge in [-0.25, -0.2) is 0 Å². The van der Waals surface area contributed by atoms with Gasteiger partial charge in [0.25, 0.3) is 5.91 Å². The number of nitrogens with zero attached hydrogens (tertiary/aromatic N) is 1. The smallest absolute Gasteiger partial charge is 0.255 e. The zero-order chi connectivity index (χ0) is 30.9. The van der Waals surface area contributed by atoms with Crippen molar-refractivity contribution >= 4 is 11.6 Å². The van der Waals surface area contributed by atoms with Crippen LogP contribution in [0.4, 0.5) is 0 Å². The van der Waals surface area contributed by atoms with E-state index < -0.39 is 5.91 Å². The molecule has 1 saturated heterocycles. The highest BCUT2D eigenvalue weighted by atomic mass is 16.5. The lowest BCUT2D eigenvalue weighted by Crippen LogP contribution is -2.28. The van der Waals surface area contributed by atoms with Gasteiger partial charge in [0.1, 0.15) is 0 Å². The number of carbonyl (C=O) groups is 1. The third-order valence-corrected chi connectivity index (χ3v) is 7.41. The molecule has 2 unspecified atom stereocenters.